The number of halogens is 1. The Morgan fingerprint density at radius 2 is 2.21 bits per heavy atom. The van der Waals surface area contributed by atoms with Crippen molar-refractivity contribution < 1.29 is 0 Å². The molecule has 0 aromatic carbocycles. The third-order valence-corrected chi connectivity index (χ3v) is 2.72. The lowest BCUT2D eigenvalue weighted by atomic mass is 9.84. The summed E-state index contributed by atoms with van der Waals surface area (Å²) in [4.78, 5) is 4.92. The standard InChI is InChI=1S/C11H19BrN2/c1-9(12)7-11(2,3)8-10-13-5-6-14(10)4/h5-6,9H,7-8H2,1-4H3. The second kappa shape index (κ2) is 4.47. The van der Waals surface area contributed by atoms with Gasteiger partial charge in [-0.1, -0.05) is 36.7 Å². The summed E-state index contributed by atoms with van der Waals surface area (Å²) in [7, 11) is 2.05. The number of aryl methyl sites for hydroxylation is 1. The summed E-state index contributed by atoms with van der Waals surface area (Å²) in [5.41, 5.74) is 0.308. The van der Waals surface area contributed by atoms with Crippen molar-refractivity contribution in [3.63, 3.8) is 0 Å². The second-order valence-electron chi connectivity index (χ2n) is 4.78. The lowest BCUT2D eigenvalue weighted by Crippen LogP contribution is -2.20. The average Bonchev–Trinajstić information content (AvgIpc) is 2.32. The van der Waals surface area contributed by atoms with E-state index in [1.165, 1.54) is 12.2 Å². The molecule has 0 fully saturated rings. The Kier molecular flexibility index (Phi) is 3.76. The van der Waals surface area contributed by atoms with Gasteiger partial charge >= 0.3 is 0 Å². The zero-order valence-corrected chi connectivity index (χ0v) is 11.0. The number of alkyl halides is 1. The highest BCUT2D eigenvalue weighted by Crippen LogP contribution is 2.29. The molecule has 0 N–H and O–H groups in total. The van der Waals surface area contributed by atoms with Gasteiger partial charge in [0.1, 0.15) is 5.82 Å². The Labute approximate surface area is 94.9 Å². The van der Waals surface area contributed by atoms with Crippen molar-refractivity contribution in [2.24, 2.45) is 12.5 Å². The average molecular weight is 259 g/mol. The van der Waals surface area contributed by atoms with Crippen LogP contribution in [0.15, 0.2) is 12.4 Å². The van der Waals surface area contributed by atoms with E-state index in [9.17, 15) is 0 Å². The molecule has 0 radical (unpaired) electrons. The number of nitrogens with zero attached hydrogens (tertiary/aromatic N) is 2. The second-order valence-corrected chi connectivity index (χ2v) is 6.34. The molecule has 1 heterocycles. The van der Waals surface area contributed by atoms with Gasteiger partial charge in [0, 0.05) is 30.7 Å². The first-order chi connectivity index (χ1) is 6.41. The number of imidazole rings is 1. The first kappa shape index (κ1) is 11.8. The van der Waals surface area contributed by atoms with Gasteiger partial charge in [-0.25, -0.2) is 4.98 Å². The maximum Gasteiger partial charge on any atom is 0.108 e. The van der Waals surface area contributed by atoms with E-state index in [1.807, 2.05) is 12.4 Å². The molecule has 0 aliphatic heterocycles. The fourth-order valence-electron chi connectivity index (χ4n) is 1.83. The first-order valence-electron chi connectivity index (χ1n) is 5.01. The van der Waals surface area contributed by atoms with Crippen LogP contribution in [0.2, 0.25) is 0 Å². The minimum atomic E-state index is 0.308. The number of rotatable bonds is 4. The molecule has 0 aliphatic carbocycles. The minimum absolute atomic E-state index is 0.308. The molecule has 2 nitrogen and oxygen atoms in total. The zero-order chi connectivity index (χ0) is 10.8. The van der Waals surface area contributed by atoms with Gasteiger partial charge in [0.05, 0.1) is 0 Å². The highest BCUT2D eigenvalue weighted by atomic mass is 79.9. The quantitative estimate of drug-likeness (QED) is 0.759. The SMILES string of the molecule is CC(Br)CC(C)(C)Cc1nccn1C. The van der Waals surface area contributed by atoms with Crippen LogP contribution in [0.5, 0.6) is 0 Å². The molecule has 0 bridgehead atoms. The summed E-state index contributed by atoms with van der Waals surface area (Å²) in [6.45, 7) is 6.78. The van der Waals surface area contributed by atoms with E-state index in [-0.39, 0.29) is 0 Å². The highest BCUT2D eigenvalue weighted by molar-refractivity contribution is 9.09. The molecule has 1 atom stereocenters. The molecule has 0 spiro atoms. The topological polar surface area (TPSA) is 17.8 Å². The first-order valence-corrected chi connectivity index (χ1v) is 5.92. The summed E-state index contributed by atoms with van der Waals surface area (Å²) < 4.78 is 2.10. The largest absolute Gasteiger partial charge is 0.338 e. The Balaban J connectivity index is 2.63. The lowest BCUT2D eigenvalue weighted by molar-refractivity contribution is 0.324. The molecule has 1 unspecified atom stereocenters. The van der Waals surface area contributed by atoms with E-state index in [0.717, 1.165) is 6.42 Å². The van der Waals surface area contributed by atoms with E-state index in [1.54, 1.807) is 0 Å². The number of aromatic nitrogens is 2. The summed E-state index contributed by atoms with van der Waals surface area (Å²) in [5, 5.41) is 0. The Morgan fingerprint density at radius 1 is 1.57 bits per heavy atom. The lowest BCUT2D eigenvalue weighted by Gasteiger charge is -2.25. The van der Waals surface area contributed by atoms with Crippen LogP contribution in [0.25, 0.3) is 0 Å². The van der Waals surface area contributed by atoms with Gasteiger partial charge in [-0.3, -0.25) is 0 Å². The highest BCUT2D eigenvalue weighted by Gasteiger charge is 2.22. The van der Waals surface area contributed by atoms with E-state index in [4.69, 9.17) is 0 Å². The molecule has 80 valence electrons. The Morgan fingerprint density at radius 3 is 2.64 bits per heavy atom. The van der Waals surface area contributed by atoms with Crippen LogP contribution in [0.3, 0.4) is 0 Å². The third kappa shape index (κ3) is 3.45. The smallest absolute Gasteiger partial charge is 0.108 e. The normalized spacial score (nSPS) is 14.4. The van der Waals surface area contributed by atoms with Crippen LogP contribution in [0, 0.1) is 5.41 Å². The van der Waals surface area contributed by atoms with Gasteiger partial charge in [-0.2, -0.15) is 0 Å². The fourth-order valence-corrected chi connectivity index (χ4v) is 2.70. The predicted molar refractivity (Wildman–Crippen MR) is 63.7 cm³/mol. The van der Waals surface area contributed by atoms with Crippen molar-refractivity contribution in [1.82, 2.24) is 9.55 Å². The monoisotopic (exact) mass is 258 g/mol. The van der Waals surface area contributed by atoms with Gasteiger partial charge in [-0.15, -0.1) is 0 Å². The molecule has 0 aliphatic rings. The van der Waals surface area contributed by atoms with E-state index in [0.29, 0.717) is 10.2 Å². The zero-order valence-electron chi connectivity index (χ0n) is 9.42. The van der Waals surface area contributed by atoms with Crippen LogP contribution >= 0.6 is 15.9 Å². The van der Waals surface area contributed by atoms with Crippen molar-refractivity contribution in [1.29, 1.82) is 0 Å². The van der Waals surface area contributed by atoms with Crippen molar-refractivity contribution in [2.45, 2.75) is 38.4 Å². The molecule has 0 saturated carbocycles. The van der Waals surface area contributed by atoms with Crippen molar-refractivity contribution in [3.05, 3.63) is 18.2 Å². The minimum Gasteiger partial charge on any atom is -0.338 e. The fraction of sp³-hybridized carbons (Fsp3) is 0.727. The molecule has 1 aromatic heterocycles. The molecule has 14 heavy (non-hydrogen) atoms. The molecular weight excluding hydrogens is 240 g/mol. The summed E-state index contributed by atoms with van der Waals surface area (Å²) >= 11 is 3.61. The summed E-state index contributed by atoms with van der Waals surface area (Å²) in [6.07, 6.45) is 6.07. The van der Waals surface area contributed by atoms with Gasteiger partial charge in [-0.05, 0) is 11.8 Å². The number of hydrogen-bond acceptors (Lipinski definition) is 1. The Hall–Kier alpha value is -0.310. The van der Waals surface area contributed by atoms with Crippen LogP contribution in [0.4, 0.5) is 0 Å². The molecule has 1 rings (SSSR count). The summed E-state index contributed by atoms with van der Waals surface area (Å²) in [6, 6.07) is 0. The van der Waals surface area contributed by atoms with Crippen molar-refractivity contribution in [2.75, 3.05) is 0 Å². The van der Waals surface area contributed by atoms with E-state index >= 15 is 0 Å². The van der Waals surface area contributed by atoms with Crippen LogP contribution < -0.4 is 0 Å². The Bertz CT molecular complexity index is 289. The maximum atomic E-state index is 4.36. The molecule has 0 amide bonds. The van der Waals surface area contributed by atoms with Gasteiger partial charge in [0.15, 0.2) is 0 Å². The van der Waals surface area contributed by atoms with Crippen molar-refractivity contribution >= 4 is 15.9 Å². The van der Waals surface area contributed by atoms with Crippen LogP contribution in [0.1, 0.15) is 33.0 Å². The third-order valence-electron chi connectivity index (χ3n) is 2.39. The molecule has 0 saturated heterocycles. The van der Waals surface area contributed by atoms with Gasteiger partial charge < -0.3 is 4.57 Å². The molecule has 1 aromatic rings. The van der Waals surface area contributed by atoms with Crippen molar-refractivity contribution in [3.8, 4) is 0 Å². The molecule has 3 heteroatoms. The van der Waals surface area contributed by atoms with Gasteiger partial charge in [0.25, 0.3) is 0 Å². The predicted octanol–water partition coefficient (Wildman–Crippen LogP) is 3.16. The van der Waals surface area contributed by atoms with Crippen LogP contribution in [-0.2, 0) is 13.5 Å². The number of hydrogen-bond donors (Lipinski definition) is 0. The van der Waals surface area contributed by atoms with Crippen LogP contribution in [-0.4, -0.2) is 14.4 Å². The maximum absolute atomic E-state index is 4.36. The van der Waals surface area contributed by atoms with E-state index in [2.05, 4.69) is 53.3 Å². The van der Waals surface area contributed by atoms with E-state index < -0.39 is 0 Å². The van der Waals surface area contributed by atoms with Gasteiger partial charge in [0.2, 0.25) is 0 Å². The molecular formula is C11H19BrN2. The summed E-state index contributed by atoms with van der Waals surface area (Å²) in [5.74, 6) is 1.17.